The molecule has 0 atom stereocenters. The van der Waals surface area contributed by atoms with E-state index in [2.05, 4.69) is 10.3 Å². The molecule has 8 heteroatoms. The molecule has 0 radical (unpaired) electrons. The average Bonchev–Trinajstić information content (AvgIpc) is 2.93. The first-order valence-electron chi connectivity index (χ1n) is 7.50. The van der Waals surface area contributed by atoms with Gasteiger partial charge in [0.1, 0.15) is 15.8 Å². The Bertz CT molecular complexity index is 1000. The Labute approximate surface area is 163 Å². The molecule has 3 aromatic rings. The fraction of sp³-hybridized carbons (Fsp3) is 0.0556. The van der Waals surface area contributed by atoms with Crippen molar-refractivity contribution in [3.8, 4) is 11.1 Å². The van der Waals surface area contributed by atoms with Crippen molar-refractivity contribution in [1.29, 1.82) is 0 Å². The van der Waals surface area contributed by atoms with Crippen LogP contribution in [0.1, 0.15) is 25.7 Å². The molecule has 132 valence electrons. The first-order valence-corrected chi connectivity index (χ1v) is 9.07. The van der Waals surface area contributed by atoms with Gasteiger partial charge in [-0.15, -0.1) is 11.3 Å². The Balaban J connectivity index is 2.05. The van der Waals surface area contributed by atoms with Crippen LogP contribution in [0.3, 0.4) is 0 Å². The van der Waals surface area contributed by atoms with Gasteiger partial charge in [0.15, 0.2) is 0 Å². The molecule has 2 heterocycles. The molecule has 26 heavy (non-hydrogen) atoms. The zero-order valence-corrected chi connectivity index (χ0v) is 15.9. The van der Waals surface area contributed by atoms with Gasteiger partial charge in [0.2, 0.25) is 0 Å². The number of pyridine rings is 1. The molecule has 0 fully saturated rings. The number of rotatable bonds is 4. The van der Waals surface area contributed by atoms with Crippen LogP contribution < -0.4 is 11.1 Å². The molecule has 0 saturated carbocycles. The number of amides is 2. The molecule has 0 unspecified atom stereocenters. The highest BCUT2D eigenvalue weighted by molar-refractivity contribution is 7.17. The third kappa shape index (κ3) is 3.58. The third-order valence-corrected chi connectivity index (χ3v) is 5.18. The van der Waals surface area contributed by atoms with Gasteiger partial charge in [-0.2, -0.15) is 0 Å². The summed E-state index contributed by atoms with van der Waals surface area (Å²) >= 11 is 13.1. The topological polar surface area (TPSA) is 85.1 Å². The highest BCUT2D eigenvalue weighted by Gasteiger charge is 2.24. The number of aromatic nitrogens is 1. The van der Waals surface area contributed by atoms with E-state index in [0.717, 1.165) is 10.4 Å². The number of nitrogens with two attached hydrogens (primary N) is 1. The minimum absolute atomic E-state index is 0.0260. The minimum atomic E-state index is -0.631. The van der Waals surface area contributed by atoms with Crippen LogP contribution in [-0.2, 0) is 0 Å². The molecular weight excluding hydrogens is 393 g/mol. The number of nitrogens with one attached hydrogen (secondary N) is 1. The van der Waals surface area contributed by atoms with Crippen molar-refractivity contribution in [2.45, 2.75) is 6.92 Å². The van der Waals surface area contributed by atoms with Crippen LogP contribution >= 0.6 is 34.5 Å². The van der Waals surface area contributed by atoms with Crippen LogP contribution in [0.2, 0.25) is 10.2 Å². The molecule has 0 aliphatic rings. The first kappa shape index (κ1) is 18.4. The maximum Gasteiger partial charge on any atom is 0.276 e. The summed E-state index contributed by atoms with van der Waals surface area (Å²) in [5.74, 6) is -1.20. The zero-order chi connectivity index (χ0) is 18.8. The number of nitrogens with zero attached hydrogens (tertiary/aromatic N) is 1. The standard InChI is InChI=1S/C18H13Cl2N3O2S/c1-9-13(10-5-3-2-4-6-10)14(16(21)24)18(26-9)23-17(25)15-11(19)7-8-12(20)22-15/h2-8H,1H3,(H2,21,24)(H,23,25). The van der Waals surface area contributed by atoms with Crippen LogP contribution in [0, 0.1) is 6.92 Å². The quantitative estimate of drug-likeness (QED) is 0.612. The van der Waals surface area contributed by atoms with E-state index in [4.69, 9.17) is 28.9 Å². The van der Waals surface area contributed by atoms with Gasteiger partial charge in [-0.25, -0.2) is 4.98 Å². The number of hydrogen-bond donors (Lipinski definition) is 2. The fourth-order valence-electron chi connectivity index (χ4n) is 2.56. The second-order valence-corrected chi connectivity index (χ2v) is 7.41. The maximum absolute atomic E-state index is 12.6. The van der Waals surface area contributed by atoms with Crippen molar-refractivity contribution in [1.82, 2.24) is 4.98 Å². The van der Waals surface area contributed by atoms with E-state index in [0.29, 0.717) is 10.6 Å². The van der Waals surface area contributed by atoms with Crippen molar-refractivity contribution < 1.29 is 9.59 Å². The highest BCUT2D eigenvalue weighted by atomic mass is 35.5. The Morgan fingerprint density at radius 2 is 1.81 bits per heavy atom. The van der Waals surface area contributed by atoms with Crippen LogP contribution in [-0.4, -0.2) is 16.8 Å². The molecule has 2 aromatic heterocycles. The van der Waals surface area contributed by atoms with Crippen LogP contribution in [0.4, 0.5) is 5.00 Å². The second-order valence-electron chi connectivity index (χ2n) is 5.39. The second kappa shape index (κ2) is 7.45. The number of aryl methyl sites for hydroxylation is 1. The molecule has 0 aliphatic heterocycles. The van der Waals surface area contributed by atoms with E-state index in [1.807, 2.05) is 37.3 Å². The fourth-order valence-corrected chi connectivity index (χ4v) is 3.98. The summed E-state index contributed by atoms with van der Waals surface area (Å²) in [5.41, 5.74) is 7.36. The van der Waals surface area contributed by atoms with Gasteiger partial charge >= 0.3 is 0 Å². The van der Waals surface area contributed by atoms with Gasteiger partial charge in [0.25, 0.3) is 11.8 Å². The number of benzene rings is 1. The summed E-state index contributed by atoms with van der Waals surface area (Å²) in [6.07, 6.45) is 0. The number of hydrogen-bond acceptors (Lipinski definition) is 4. The predicted octanol–water partition coefficient (Wildman–Crippen LogP) is 4.78. The monoisotopic (exact) mass is 405 g/mol. The van der Waals surface area contributed by atoms with Crippen molar-refractivity contribution in [3.63, 3.8) is 0 Å². The Morgan fingerprint density at radius 3 is 2.46 bits per heavy atom. The molecule has 2 amide bonds. The van der Waals surface area contributed by atoms with E-state index < -0.39 is 11.8 Å². The van der Waals surface area contributed by atoms with Crippen LogP contribution in [0.5, 0.6) is 0 Å². The van der Waals surface area contributed by atoms with Crippen molar-refractivity contribution in [2.24, 2.45) is 5.73 Å². The van der Waals surface area contributed by atoms with Gasteiger partial charge in [0.05, 0.1) is 10.6 Å². The summed E-state index contributed by atoms with van der Waals surface area (Å²) in [5, 5.41) is 3.32. The zero-order valence-electron chi connectivity index (χ0n) is 13.5. The molecule has 3 N–H and O–H groups in total. The summed E-state index contributed by atoms with van der Waals surface area (Å²) < 4.78 is 0. The van der Waals surface area contributed by atoms with E-state index in [1.165, 1.54) is 23.5 Å². The Morgan fingerprint density at radius 1 is 1.12 bits per heavy atom. The summed E-state index contributed by atoms with van der Waals surface area (Å²) in [6.45, 7) is 1.86. The van der Waals surface area contributed by atoms with Gasteiger partial charge in [-0.1, -0.05) is 53.5 Å². The number of carbonyl (C=O) groups is 2. The largest absolute Gasteiger partial charge is 0.365 e. The molecule has 5 nitrogen and oxygen atoms in total. The van der Waals surface area contributed by atoms with Gasteiger partial charge in [-0.3, -0.25) is 9.59 Å². The summed E-state index contributed by atoms with van der Waals surface area (Å²) in [6, 6.07) is 12.3. The molecule has 0 aliphatic carbocycles. The number of thiophene rings is 1. The molecule has 0 saturated heterocycles. The number of halogens is 2. The molecule has 1 aromatic carbocycles. The molecule has 3 rings (SSSR count). The lowest BCUT2D eigenvalue weighted by Crippen LogP contribution is -2.18. The van der Waals surface area contributed by atoms with Gasteiger partial charge in [0, 0.05) is 10.4 Å². The van der Waals surface area contributed by atoms with Crippen LogP contribution in [0.25, 0.3) is 11.1 Å². The number of carbonyl (C=O) groups excluding carboxylic acids is 2. The highest BCUT2D eigenvalue weighted by Crippen LogP contribution is 2.39. The third-order valence-electron chi connectivity index (χ3n) is 3.65. The van der Waals surface area contributed by atoms with E-state index >= 15 is 0 Å². The maximum atomic E-state index is 12.6. The van der Waals surface area contributed by atoms with E-state index in [1.54, 1.807) is 0 Å². The first-order chi connectivity index (χ1) is 12.4. The average molecular weight is 406 g/mol. The summed E-state index contributed by atoms with van der Waals surface area (Å²) in [4.78, 5) is 29.4. The van der Waals surface area contributed by atoms with Crippen molar-refractivity contribution in [2.75, 3.05) is 5.32 Å². The smallest absolute Gasteiger partial charge is 0.276 e. The van der Waals surface area contributed by atoms with Crippen molar-refractivity contribution in [3.05, 3.63) is 68.8 Å². The number of anilines is 1. The lowest BCUT2D eigenvalue weighted by Gasteiger charge is -2.07. The van der Waals surface area contributed by atoms with Gasteiger partial charge < -0.3 is 11.1 Å². The number of primary amides is 1. The molecule has 0 spiro atoms. The normalized spacial score (nSPS) is 10.6. The lowest BCUT2D eigenvalue weighted by molar-refractivity contribution is 0.100. The predicted molar refractivity (Wildman–Crippen MR) is 105 cm³/mol. The molecule has 0 bridgehead atoms. The Hall–Kier alpha value is -2.41. The summed E-state index contributed by atoms with van der Waals surface area (Å²) in [7, 11) is 0. The molecular formula is C18H13Cl2N3O2S. The van der Waals surface area contributed by atoms with E-state index in [9.17, 15) is 9.59 Å². The minimum Gasteiger partial charge on any atom is -0.365 e. The van der Waals surface area contributed by atoms with Gasteiger partial charge in [-0.05, 0) is 24.6 Å². The van der Waals surface area contributed by atoms with Crippen molar-refractivity contribution >= 4 is 51.4 Å². The van der Waals surface area contributed by atoms with Crippen LogP contribution in [0.15, 0.2) is 42.5 Å². The van der Waals surface area contributed by atoms with E-state index in [-0.39, 0.29) is 21.4 Å². The SMILES string of the molecule is Cc1sc(NC(=O)c2nc(Cl)ccc2Cl)c(C(N)=O)c1-c1ccccc1. The Kier molecular flexibility index (Phi) is 5.27. The lowest BCUT2D eigenvalue weighted by atomic mass is 10.0.